The number of carbonyl (C=O) groups is 1. The van der Waals surface area contributed by atoms with E-state index < -0.39 is 0 Å². The molecule has 0 saturated carbocycles. The third-order valence-electron chi connectivity index (χ3n) is 4.96. The second kappa shape index (κ2) is 9.57. The fourth-order valence-corrected chi connectivity index (χ4v) is 5.09. The Kier molecular flexibility index (Phi) is 6.64. The van der Waals surface area contributed by atoms with Gasteiger partial charge in [0.1, 0.15) is 16.0 Å². The maximum Gasteiger partial charge on any atom is 0.228 e. The van der Waals surface area contributed by atoms with Crippen LogP contribution in [0, 0.1) is 11.6 Å². The molecule has 30 heavy (non-hydrogen) atoms. The molecule has 0 bridgehead atoms. The number of anilines is 1. The van der Waals surface area contributed by atoms with E-state index in [1.165, 1.54) is 35.6 Å². The Balaban J connectivity index is 1.25. The smallest absolute Gasteiger partial charge is 0.228 e. The van der Waals surface area contributed by atoms with Crippen molar-refractivity contribution >= 4 is 34.7 Å². The molecule has 0 N–H and O–H groups in total. The third kappa shape index (κ3) is 5.37. The molecular weight excluding hydrogens is 424 g/mol. The lowest BCUT2D eigenvalue weighted by atomic mass is 10.2. The van der Waals surface area contributed by atoms with E-state index in [2.05, 4.69) is 9.88 Å². The largest absolute Gasteiger partial charge is 0.368 e. The first kappa shape index (κ1) is 20.8. The molecule has 1 fully saturated rings. The Morgan fingerprint density at radius 3 is 2.27 bits per heavy atom. The van der Waals surface area contributed by atoms with Gasteiger partial charge in [-0.05, 0) is 42.0 Å². The number of amides is 1. The maximum atomic E-state index is 13.1. The first-order valence-electron chi connectivity index (χ1n) is 9.67. The molecule has 8 heteroatoms. The van der Waals surface area contributed by atoms with E-state index in [-0.39, 0.29) is 17.5 Å². The van der Waals surface area contributed by atoms with Gasteiger partial charge in [0, 0.05) is 43.0 Å². The van der Waals surface area contributed by atoms with Crippen LogP contribution in [-0.2, 0) is 17.0 Å². The summed E-state index contributed by atoms with van der Waals surface area (Å²) in [6.07, 6.45) is 0.296. The van der Waals surface area contributed by atoms with Gasteiger partial charge in [-0.2, -0.15) is 0 Å². The average molecular weight is 446 g/mol. The second-order valence-corrected chi connectivity index (χ2v) is 9.12. The minimum absolute atomic E-state index is 0.0779. The van der Waals surface area contributed by atoms with Crippen molar-refractivity contribution in [2.24, 2.45) is 0 Å². The zero-order valence-electron chi connectivity index (χ0n) is 16.3. The number of hydrogen-bond donors (Lipinski definition) is 0. The van der Waals surface area contributed by atoms with E-state index in [0.29, 0.717) is 25.3 Å². The van der Waals surface area contributed by atoms with Crippen molar-refractivity contribution in [2.75, 3.05) is 31.1 Å². The van der Waals surface area contributed by atoms with E-state index in [1.54, 1.807) is 36.0 Å². The zero-order chi connectivity index (χ0) is 20.9. The highest BCUT2D eigenvalue weighted by Gasteiger charge is 2.22. The molecule has 0 spiro atoms. The first-order valence-corrected chi connectivity index (χ1v) is 11.5. The molecule has 1 amide bonds. The highest BCUT2D eigenvalue weighted by atomic mass is 32.2. The second-order valence-electron chi connectivity index (χ2n) is 7.04. The monoisotopic (exact) mass is 445 g/mol. The van der Waals surface area contributed by atoms with Crippen molar-refractivity contribution in [2.45, 2.75) is 16.5 Å². The van der Waals surface area contributed by atoms with E-state index in [1.807, 2.05) is 10.3 Å². The standard InChI is InChI=1S/C22H21F2N3OS2/c23-17-3-1-16(2-4-17)14-29-22-25-19(15-30-22)13-21(28)27-11-9-26(10-12-27)20-7-5-18(24)6-8-20/h1-8,15H,9-14H2. The van der Waals surface area contributed by atoms with E-state index >= 15 is 0 Å². The third-order valence-corrected chi connectivity index (χ3v) is 7.10. The minimum atomic E-state index is -0.244. The van der Waals surface area contributed by atoms with Gasteiger partial charge in [0.25, 0.3) is 0 Å². The van der Waals surface area contributed by atoms with Crippen LogP contribution in [-0.4, -0.2) is 42.0 Å². The number of carbonyl (C=O) groups excluding carboxylic acids is 1. The van der Waals surface area contributed by atoms with Crippen LogP contribution in [0.4, 0.5) is 14.5 Å². The van der Waals surface area contributed by atoms with Crippen LogP contribution in [0.3, 0.4) is 0 Å². The lowest BCUT2D eigenvalue weighted by Crippen LogP contribution is -2.49. The summed E-state index contributed by atoms with van der Waals surface area (Å²) in [6, 6.07) is 12.9. The van der Waals surface area contributed by atoms with Crippen LogP contribution in [0.5, 0.6) is 0 Å². The number of thioether (sulfide) groups is 1. The summed E-state index contributed by atoms with van der Waals surface area (Å²) < 4.78 is 27.0. The van der Waals surface area contributed by atoms with Gasteiger partial charge in [0.2, 0.25) is 5.91 Å². The van der Waals surface area contributed by atoms with E-state index in [4.69, 9.17) is 0 Å². The van der Waals surface area contributed by atoms with Gasteiger partial charge in [-0.1, -0.05) is 23.9 Å². The van der Waals surface area contributed by atoms with Gasteiger partial charge in [0.05, 0.1) is 12.1 Å². The SMILES string of the molecule is O=C(Cc1csc(SCc2ccc(F)cc2)n1)N1CCN(c2ccc(F)cc2)CC1. The number of benzene rings is 2. The zero-order valence-corrected chi connectivity index (χ0v) is 17.9. The fourth-order valence-electron chi connectivity index (χ4n) is 3.29. The van der Waals surface area contributed by atoms with Crippen LogP contribution in [0.1, 0.15) is 11.3 Å². The van der Waals surface area contributed by atoms with Gasteiger partial charge in [-0.25, -0.2) is 13.8 Å². The van der Waals surface area contributed by atoms with Crippen LogP contribution in [0.15, 0.2) is 58.3 Å². The van der Waals surface area contributed by atoms with Crippen molar-refractivity contribution in [1.29, 1.82) is 0 Å². The quantitative estimate of drug-likeness (QED) is 0.520. The molecule has 1 aliphatic heterocycles. The number of halogens is 2. The lowest BCUT2D eigenvalue weighted by molar-refractivity contribution is -0.130. The topological polar surface area (TPSA) is 36.4 Å². The minimum Gasteiger partial charge on any atom is -0.368 e. The molecule has 0 radical (unpaired) electrons. The molecule has 1 aromatic heterocycles. The number of nitrogens with zero attached hydrogens (tertiary/aromatic N) is 3. The summed E-state index contributed by atoms with van der Waals surface area (Å²) in [5.41, 5.74) is 2.80. The molecule has 4 nitrogen and oxygen atoms in total. The molecule has 1 saturated heterocycles. The summed E-state index contributed by atoms with van der Waals surface area (Å²) >= 11 is 3.12. The van der Waals surface area contributed by atoms with Gasteiger partial charge in [-0.3, -0.25) is 4.79 Å². The van der Waals surface area contributed by atoms with Crippen LogP contribution in [0.25, 0.3) is 0 Å². The van der Waals surface area contributed by atoms with Crippen molar-refractivity contribution in [3.8, 4) is 0 Å². The molecule has 1 aliphatic rings. The number of thiazole rings is 1. The molecule has 156 valence electrons. The summed E-state index contributed by atoms with van der Waals surface area (Å²) in [5, 5.41) is 1.93. The predicted octanol–water partition coefficient (Wildman–Crippen LogP) is 4.60. The molecule has 4 rings (SSSR count). The Hall–Kier alpha value is -2.45. The number of piperazine rings is 1. The van der Waals surface area contributed by atoms with Crippen molar-refractivity contribution in [1.82, 2.24) is 9.88 Å². The first-order chi connectivity index (χ1) is 14.6. The van der Waals surface area contributed by atoms with Crippen molar-refractivity contribution in [3.63, 3.8) is 0 Å². The molecule has 2 aromatic carbocycles. The highest BCUT2D eigenvalue weighted by Crippen LogP contribution is 2.27. The van der Waals surface area contributed by atoms with E-state index in [0.717, 1.165) is 34.4 Å². The number of hydrogen-bond acceptors (Lipinski definition) is 5. The summed E-state index contributed by atoms with van der Waals surface area (Å²) in [6.45, 7) is 2.75. The van der Waals surface area contributed by atoms with Crippen LogP contribution >= 0.6 is 23.1 Å². The summed E-state index contributed by atoms with van der Waals surface area (Å²) in [4.78, 5) is 21.2. The summed E-state index contributed by atoms with van der Waals surface area (Å²) in [7, 11) is 0. The Morgan fingerprint density at radius 1 is 0.967 bits per heavy atom. The van der Waals surface area contributed by atoms with Gasteiger partial charge >= 0.3 is 0 Å². The molecule has 0 atom stereocenters. The highest BCUT2D eigenvalue weighted by molar-refractivity contribution is 8.00. The maximum absolute atomic E-state index is 13.1. The van der Waals surface area contributed by atoms with Gasteiger partial charge in [0.15, 0.2) is 0 Å². The molecule has 0 aliphatic carbocycles. The van der Waals surface area contributed by atoms with Gasteiger partial charge in [-0.15, -0.1) is 11.3 Å². The number of aromatic nitrogens is 1. The van der Waals surface area contributed by atoms with Crippen LogP contribution in [0.2, 0.25) is 0 Å². The molecule has 0 unspecified atom stereocenters. The normalized spacial score (nSPS) is 14.2. The summed E-state index contributed by atoms with van der Waals surface area (Å²) in [5.74, 6) is 0.310. The van der Waals surface area contributed by atoms with Crippen LogP contribution < -0.4 is 4.90 Å². The lowest BCUT2D eigenvalue weighted by Gasteiger charge is -2.36. The Labute approximate surface area is 182 Å². The number of rotatable bonds is 6. The molecule has 3 aromatic rings. The molecular formula is C22H21F2N3OS2. The predicted molar refractivity (Wildman–Crippen MR) is 117 cm³/mol. The average Bonchev–Trinajstić information content (AvgIpc) is 3.21. The molecule has 2 heterocycles. The van der Waals surface area contributed by atoms with Crippen molar-refractivity contribution in [3.05, 3.63) is 76.8 Å². The Morgan fingerprint density at radius 2 is 1.60 bits per heavy atom. The Bertz CT molecular complexity index is 984. The van der Waals surface area contributed by atoms with E-state index in [9.17, 15) is 13.6 Å². The van der Waals surface area contributed by atoms with Gasteiger partial charge < -0.3 is 9.80 Å². The van der Waals surface area contributed by atoms with Crippen molar-refractivity contribution < 1.29 is 13.6 Å². The fraction of sp³-hybridized carbons (Fsp3) is 0.273.